The highest BCUT2D eigenvalue weighted by molar-refractivity contribution is 5.90. The van der Waals surface area contributed by atoms with Crippen LogP contribution in [-0.2, 0) is 4.74 Å². The second kappa shape index (κ2) is 5.60. The predicted octanol–water partition coefficient (Wildman–Crippen LogP) is 3.05. The maximum absolute atomic E-state index is 12.3. The molecule has 1 atom stereocenters. The fourth-order valence-corrected chi connectivity index (χ4v) is 2.75. The van der Waals surface area contributed by atoms with Crippen LogP contribution < -0.4 is 5.32 Å². The van der Waals surface area contributed by atoms with Crippen LogP contribution in [0.3, 0.4) is 0 Å². The van der Waals surface area contributed by atoms with Gasteiger partial charge in [-0.05, 0) is 65.1 Å². The number of esters is 1. The van der Waals surface area contributed by atoms with Gasteiger partial charge in [0, 0.05) is 18.2 Å². The summed E-state index contributed by atoms with van der Waals surface area (Å²) in [6.45, 7) is 11.8. The SMILES string of the molecule is Cc1c(C(=O)OC(C)(C)C)[nH]c(C2CCCNC2)c1C. The van der Waals surface area contributed by atoms with E-state index >= 15 is 0 Å². The van der Waals surface area contributed by atoms with E-state index in [4.69, 9.17) is 4.74 Å². The van der Waals surface area contributed by atoms with Crippen LogP contribution in [0.4, 0.5) is 0 Å². The molecule has 0 bridgehead atoms. The summed E-state index contributed by atoms with van der Waals surface area (Å²) >= 11 is 0. The van der Waals surface area contributed by atoms with Crippen LogP contribution in [0.25, 0.3) is 0 Å². The Morgan fingerprint density at radius 1 is 1.25 bits per heavy atom. The lowest BCUT2D eigenvalue weighted by atomic mass is 9.93. The number of aromatic nitrogens is 1. The summed E-state index contributed by atoms with van der Waals surface area (Å²) in [4.78, 5) is 15.6. The fraction of sp³-hybridized carbons (Fsp3) is 0.688. The van der Waals surface area contributed by atoms with Crippen LogP contribution in [0, 0.1) is 13.8 Å². The van der Waals surface area contributed by atoms with Gasteiger partial charge in [0.2, 0.25) is 0 Å². The number of hydrogen-bond donors (Lipinski definition) is 2. The van der Waals surface area contributed by atoms with Crippen LogP contribution in [0.15, 0.2) is 0 Å². The third-order valence-electron chi connectivity index (χ3n) is 3.91. The Morgan fingerprint density at radius 3 is 2.50 bits per heavy atom. The molecule has 0 spiro atoms. The largest absolute Gasteiger partial charge is 0.455 e. The zero-order valence-corrected chi connectivity index (χ0v) is 13.2. The van der Waals surface area contributed by atoms with Gasteiger partial charge in [-0.25, -0.2) is 4.79 Å². The van der Waals surface area contributed by atoms with Crippen molar-refractivity contribution in [3.63, 3.8) is 0 Å². The summed E-state index contributed by atoms with van der Waals surface area (Å²) in [6.07, 6.45) is 2.35. The maximum atomic E-state index is 12.3. The number of ether oxygens (including phenoxy) is 1. The molecule has 4 heteroatoms. The Balaban J connectivity index is 2.25. The molecule has 2 rings (SSSR count). The summed E-state index contributed by atoms with van der Waals surface area (Å²) in [5.74, 6) is 0.215. The second-order valence-electron chi connectivity index (χ2n) is 6.71. The number of aromatic amines is 1. The first-order valence-corrected chi connectivity index (χ1v) is 7.42. The Hall–Kier alpha value is -1.29. The van der Waals surface area contributed by atoms with Crippen LogP contribution in [0.1, 0.15) is 66.8 Å². The molecule has 1 aromatic rings. The number of H-pyrrole nitrogens is 1. The summed E-state index contributed by atoms with van der Waals surface area (Å²) in [5.41, 5.74) is 3.54. The number of carbonyl (C=O) groups is 1. The average molecular weight is 278 g/mol. The molecule has 1 unspecified atom stereocenters. The van der Waals surface area contributed by atoms with Gasteiger partial charge in [0.1, 0.15) is 11.3 Å². The van der Waals surface area contributed by atoms with Gasteiger partial charge in [0.05, 0.1) is 0 Å². The van der Waals surface area contributed by atoms with Crippen LogP contribution in [0.5, 0.6) is 0 Å². The molecule has 1 aliphatic rings. The van der Waals surface area contributed by atoms with E-state index in [1.165, 1.54) is 24.1 Å². The molecule has 0 aliphatic carbocycles. The molecule has 0 amide bonds. The van der Waals surface area contributed by atoms with E-state index in [9.17, 15) is 4.79 Å². The van der Waals surface area contributed by atoms with Crippen molar-refractivity contribution in [1.82, 2.24) is 10.3 Å². The Bertz CT molecular complexity index is 491. The van der Waals surface area contributed by atoms with E-state index < -0.39 is 5.60 Å². The van der Waals surface area contributed by atoms with E-state index in [0.717, 1.165) is 18.7 Å². The lowest BCUT2D eigenvalue weighted by Gasteiger charge is -2.22. The van der Waals surface area contributed by atoms with E-state index in [2.05, 4.69) is 17.2 Å². The van der Waals surface area contributed by atoms with Crippen molar-refractivity contribution in [2.24, 2.45) is 0 Å². The third-order valence-corrected chi connectivity index (χ3v) is 3.91. The van der Waals surface area contributed by atoms with Gasteiger partial charge in [0.15, 0.2) is 0 Å². The standard InChI is InChI=1S/C16H26N2O2/c1-10-11(2)14(15(19)20-16(3,4)5)18-13(10)12-7-6-8-17-9-12/h12,17-18H,6-9H2,1-5H3. The van der Waals surface area contributed by atoms with Gasteiger partial charge in [0.25, 0.3) is 0 Å². The number of piperidine rings is 1. The van der Waals surface area contributed by atoms with E-state index in [1.807, 2.05) is 27.7 Å². The van der Waals surface area contributed by atoms with Crippen LogP contribution in [-0.4, -0.2) is 29.6 Å². The zero-order chi connectivity index (χ0) is 14.9. The molecule has 1 aromatic heterocycles. The van der Waals surface area contributed by atoms with Gasteiger partial charge in [-0.3, -0.25) is 0 Å². The molecule has 0 radical (unpaired) electrons. The highest BCUT2D eigenvalue weighted by Gasteiger charge is 2.26. The lowest BCUT2D eigenvalue weighted by molar-refractivity contribution is 0.00625. The number of hydrogen-bond acceptors (Lipinski definition) is 3. The van der Waals surface area contributed by atoms with Gasteiger partial charge in [-0.15, -0.1) is 0 Å². The lowest BCUT2D eigenvalue weighted by Crippen LogP contribution is -2.29. The molecule has 0 saturated carbocycles. The molecule has 112 valence electrons. The molecule has 1 aliphatic heterocycles. The third kappa shape index (κ3) is 3.23. The minimum Gasteiger partial charge on any atom is -0.455 e. The monoisotopic (exact) mass is 278 g/mol. The highest BCUT2D eigenvalue weighted by Crippen LogP contribution is 2.29. The first kappa shape index (κ1) is 15.1. The molecule has 0 aromatic carbocycles. The predicted molar refractivity (Wildman–Crippen MR) is 80.3 cm³/mol. The van der Waals surface area contributed by atoms with E-state index in [-0.39, 0.29) is 5.97 Å². The van der Waals surface area contributed by atoms with Crippen LogP contribution >= 0.6 is 0 Å². The minimum atomic E-state index is -0.463. The molecule has 1 fully saturated rings. The number of carbonyl (C=O) groups excluding carboxylic acids is 1. The highest BCUT2D eigenvalue weighted by atomic mass is 16.6. The first-order chi connectivity index (χ1) is 9.29. The van der Waals surface area contributed by atoms with Gasteiger partial charge >= 0.3 is 5.97 Å². The van der Waals surface area contributed by atoms with E-state index in [1.54, 1.807) is 0 Å². The maximum Gasteiger partial charge on any atom is 0.355 e. The Morgan fingerprint density at radius 2 is 1.95 bits per heavy atom. The summed E-state index contributed by atoms with van der Waals surface area (Å²) in [5, 5.41) is 3.42. The van der Waals surface area contributed by atoms with Crippen molar-refractivity contribution in [3.05, 3.63) is 22.5 Å². The van der Waals surface area contributed by atoms with Crippen molar-refractivity contribution in [1.29, 1.82) is 0 Å². The van der Waals surface area contributed by atoms with Crippen molar-refractivity contribution in [3.8, 4) is 0 Å². The summed E-state index contributed by atoms with van der Waals surface area (Å²) in [6, 6.07) is 0. The van der Waals surface area contributed by atoms with Gasteiger partial charge < -0.3 is 15.0 Å². The van der Waals surface area contributed by atoms with Crippen molar-refractivity contribution in [2.45, 2.75) is 59.0 Å². The molecule has 2 N–H and O–H groups in total. The first-order valence-electron chi connectivity index (χ1n) is 7.42. The van der Waals surface area contributed by atoms with Crippen LogP contribution in [0.2, 0.25) is 0 Å². The second-order valence-corrected chi connectivity index (χ2v) is 6.71. The molecule has 4 nitrogen and oxygen atoms in total. The quantitative estimate of drug-likeness (QED) is 0.818. The smallest absolute Gasteiger partial charge is 0.355 e. The van der Waals surface area contributed by atoms with Crippen molar-refractivity contribution >= 4 is 5.97 Å². The van der Waals surface area contributed by atoms with Crippen molar-refractivity contribution < 1.29 is 9.53 Å². The van der Waals surface area contributed by atoms with E-state index in [0.29, 0.717) is 11.6 Å². The topological polar surface area (TPSA) is 54.1 Å². The normalized spacial score (nSPS) is 19.9. The number of nitrogens with one attached hydrogen (secondary N) is 2. The summed E-state index contributed by atoms with van der Waals surface area (Å²) < 4.78 is 5.47. The van der Waals surface area contributed by atoms with Gasteiger partial charge in [-0.1, -0.05) is 0 Å². The Kier molecular flexibility index (Phi) is 4.23. The number of rotatable bonds is 2. The molecule has 2 heterocycles. The molecule has 20 heavy (non-hydrogen) atoms. The minimum absolute atomic E-state index is 0.256. The molecule has 1 saturated heterocycles. The van der Waals surface area contributed by atoms with Crippen molar-refractivity contribution in [2.75, 3.05) is 13.1 Å². The zero-order valence-electron chi connectivity index (χ0n) is 13.2. The molecular formula is C16H26N2O2. The fourth-order valence-electron chi connectivity index (χ4n) is 2.75. The van der Waals surface area contributed by atoms with Gasteiger partial charge in [-0.2, -0.15) is 0 Å². The summed E-state index contributed by atoms with van der Waals surface area (Å²) in [7, 11) is 0. The Labute approximate surface area is 121 Å². The molecular weight excluding hydrogens is 252 g/mol. The average Bonchev–Trinajstić information content (AvgIpc) is 2.66.